The molecule has 1 saturated carbocycles. The number of carbonyl (C=O) groups is 2. The molecule has 1 aromatic carbocycles. The lowest BCUT2D eigenvalue weighted by molar-refractivity contribution is -0.125. The fourth-order valence-electron chi connectivity index (χ4n) is 3.43. The van der Waals surface area contributed by atoms with Gasteiger partial charge in [-0.1, -0.05) is 26.7 Å². The Hall–Kier alpha value is -2.44. The van der Waals surface area contributed by atoms with Crippen LogP contribution >= 0.6 is 0 Å². The van der Waals surface area contributed by atoms with E-state index in [2.05, 4.69) is 19.2 Å². The van der Waals surface area contributed by atoms with Gasteiger partial charge in [-0.2, -0.15) is 0 Å². The van der Waals surface area contributed by atoms with E-state index in [1.165, 1.54) is 33.8 Å². The summed E-state index contributed by atoms with van der Waals surface area (Å²) in [6.07, 6.45) is 3.23. The SMILES string of the molecule is COc1cc(OC)c(C(=O)OCC(=O)N[C@H]2CCC[C@@H](C)[C@@H]2C)cc1OC. The van der Waals surface area contributed by atoms with E-state index in [1.54, 1.807) is 6.07 Å². The zero-order valence-electron chi connectivity index (χ0n) is 16.7. The van der Waals surface area contributed by atoms with Crippen LogP contribution in [0, 0.1) is 11.8 Å². The van der Waals surface area contributed by atoms with Crippen molar-refractivity contribution in [3.8, 4) is 17.2 Å². The summed E-state index contributed by atoms with van der Waals surface area (Å²) in [5.41, 5.74) is 0.169. The fourth-order valence-corrected chi connectivity index (χ4v) is 3.43. The van der Waals surface area contributed by atoms with Gasteiger partial charge >= 0.3 is 5.97 Å². The Kier molecular flexibility index (Phi) is 7.33. The smallest absolute Gasteiger partial charge is 0.342 e. The third-order valence-corrected chi connectivity index (χ3v) is 5.31. The molecular weight excluding hydrogens is 350 g/mol. The van der Waals surface area contributed by atoms with Crippen molar-refractivity contribution in [1.29, 1.82) is 0 Å². The first kappa shape index (κ1) is 20.9. The minimum absolute atomic E-state index is 0.121. The maximum absolute atomic E-state index is 12.4. The summed E-state index contributed by atoms with van der Waals surface area (Å²) in [6.45, 7) is 4.01. The molecule has 7 nitrogen and oxygen atoms in total. The molecule has 0 heterocycles. The van der Waals surface area contributed by atoms with Gasteiger partial charge in [0.25, 0.3) is 5.91 Å². The van der Waals surface area contributed by atoms with E-state index in [1.807, 2.05) is 0 Å². The molecule has 0 aromatic heterocycles. The molecule has 0 unspecified atom stereocenters. The Bertz CT molecular complexity index is 675. The molecule has 1 aromatic rings. The van der Waals surface area contributed by atoms with Crippen molar-refractivity contribution >= 4 is 11.9 Å². The normalized spacial score (nSPS) is 21.9. The average molecular weight is 379 g/mol. The third-order valence-electron chi connectivity index (χ3n) is 5.31. The van der Waals surface area contributed by atoms with Crippen LogP contribution in [0.3, 0.4) is 0 Å². The summed E-state index contributed by atoms with van der Waals surface area (Å²) in [6, 6.07) is 3.14. The van der Waals surface area contributed by atoms with Crippen molar-refractivity contribution in [2.75, 3.05) is 27.9 Å². The molecule has 150 valence electrons. The van der Waals surface area contributed by atoms with Crippen LogP contribution in [0.15, 0.2) is 12.1 Å². The topological polar surface area (TPSA) is 83.1 Å². The van der Waals surface area contributed by atoms with E-state index in [9.17, 15) is 9.59 Å². The van der Waals surface area contributed by atoms with Crippen LogP contribution in [0.1, 0.15) is 43.5 Å². The second kappa shape index (κ2) is 9.48. The zero-order chi connectivity index (χ0) is 20.0. The maximum Gasteiger partial charge on any atom is 0.342 e. The molecule has 3 atom stereocenters. The average Bonchev–Trinajstić information content (AvgIpc) is 2.68. The molecule has 7 heteroatoms. The number of ether oxygens (including phenoxy) is 4. The Morgan fingerprint density at radius 3 is 2.26 bits per heavy atom. The number of rotatable bonds is 7. The van der Waals surface area contributed by atoms with Gasteiger partial charge in [0.1, 0.15) is 11.3 Å². The molecule has 0 radical (unpaired) electrons. The lowest BCUT2D eigenvalue weighted by Gasteiger charge is -2.34. The van der Waals surface area contributed by atoms with E-state index in [0.29, 0.717) is 23.3 Å². The number of hydrogen-bond acceptors (Lipinski definition) is 6. The lowest BCUT2D eigenvalue weighted by Crippen LogP contribution is -2.45. The highest BCUT2D eigenvalue weighted by Gasteiger charge is 2.28. The van der Waals surface area contributed by atoms with Crippen LogP contribution in [-0.4, -0.2) is 45.9 Å². The molecule has 27 heavy (non-hydrogen) atoms. The van der Waals surface area contributed by atoms with Crippen LogP contribution in [0.5, 0.6) is 17.2 Å². The number of benzene rings is 1. The van der Waals surface area contributed by atoms with Gasteiger partial charge in [-0.3, -0.25) is 4.79 Å². The molecule has 1 amide bonds. The summed E-state index contributed by atoms with van der Waals surface area (Å²) in [4.78, 5) is 24.6. The first-order chi connectivity index (χ1) is 12.9. The molecular formula is C20H29NO6. The molecule has 0 saturated heterocycles. The van der Waals surface area contributed by atoms with Crippen molar-refractivity contribution < 1.29 is 28.5 Å². The van der Waals surface area contributed by atoms with Gasteiger partial charge in [-0.15, -0.1) is 0 Å². The summed E-state index contributed by atoms with van der Waals surface area (Å²) in [5, 5.41) is 2.98. The highest BCUT2D eigenvalue weighted by Crippen LogP contribution is 2.35. The summed E-state index contributed by atoms with van der Waals surface area (Å²) < 4.78 is 20.8. The first-order valence-electron chi connectivity index (χ1n) is 9.17. The van der Waals surface area contributed by atoms with Crippen LogP contribution in [-0.2, 0) is 9.53 Å². The molecule has 2 rings (SSSR count). The fraction of sp³-hybridized carbons (Fsp3) is 0.600. The molecule has 1 aliphatic rings. The Morgan fingerprint density at radius 2 is 1.63 bits per heavy atom. The Morgan fingerprint density at radius 1 is 1.00 bits per heavy atom. The quantitative estimate of drug-likeness (QED) is 0.734. The molecule has 0 spiro atoms. The second-order valence-electron chi connectivity index (χ2n) is 6.92. The number of esters is 1. The van der Waals surface area contributed by atoms with Gasteiger partial charge in [0.05, 0.1) is 21.3 Å². The van der Waals surface area contributed by atoms with Crippen molar-refractivity contribution in [3.05, 3.63) is 17.7 Å². The Balaban J connectivity index is 1.99. The van der Waals surface area contributed by atoms with E-state index >= 15 is 0 Å². The molecule has 1 N–H and O–H groups in total. The van der Waals surface area contributed by atoms with E-state index in [4.69, 9.17) is 18.9 Å². The highest BCUT2D eigenvalue weighted by molar-refractivity contribution is 5.95. The molecule has 1 aliphatic carbocycles. The summed E-state index contributed by atoms with van der Waals surface area (Å²) >= 11 is 0. The van der Waals surface area contributed by atoms with Gasteiger partial charge in [-0.05, 0) is 18.3 Å². The van der Waals surface area contributed by atoms with Crippen LogP contribution in [0.25, 0.3) is 0 Å². The number of amides is 1. The monoisotopic (exact) mass is 379 g/mol. The summed E-state index contributed by atoms with van der Waals surface area (Å²) in [7, 11) is 4.41. The van der Waals surface area contributed by atoms with Crippen molar-refractivity contribution in [2.45, 2.75) is 39.2 Å². The lowest BCUT2D eigenvalue weighted by atomic mass is 9.78. The van der Waals surface area contributed by atoms with Gasteiger partial charge in [-0.25, -0.2) is 4.79 Å². The van der Waals surface area contributed by atoms with Crippen LogP contribution in [0.2, 0.25) is 0 Å². The number of nitrogens with one attached hydrogen (secondary N) is 1. The van der Waals surface area contributed by atoms with Crippen LogP contribution < -0.4 is 19.5 Å². The molecule has 0 bridgehead atoms. The van der Waals surface area contributed by atoms with Crippen molar-refractivity contribution in [3.63, 3.8) is 0 Å². The predicted octanol–water partition coefficient (Wildman–Crippen LogP) is 2.81. The van der Waals surface area contributed by atoms with Gasteiger partial charge < -0.3 is 24.3 Å². The van der Waals surface area contributed by atoms with E-state index < -0.39 is 5.97 Å². The third kappa shape index (κ3) is 5.05. The minimum Gasteiger partial charge on any atom is -0.496 e. The number of carbonyl (C=O) groups excluding carboxylic acids is 2. The zero-order valence-corrected chi connectivity index (χ0v) is 16.7. The van der Waals surface area contributed by atoms with Gasteiger partial charge in [0.2, 0.25) is 0 Å². The standard InChI is InChI=1S/C20H29NO6/c1-12-7-6-8-15(13(12)2)21-19(22)11-27-20(23)14-9-17(25-4)18(26-5)10-16(14)24-3/h9-10,12-13,15H,6-8,11H2,1-5H3,(H,21,22)/t12-,13+,15+/m1/s1. The Labute approximate surface area is 160 Å². The molecule has 0 aliphatic heterocycles. The van der Waals surface area contributed by atoms with Crippen molar-refractivity contribution in [2.24, 2.45) is 11.8 Å². The maximum atomic E-state index is 12.4. The first-order valence-corrected chi connectivity index (χ1v) is 9.17. The van der Waals surface area contributed by atoms with Gasteiger partial charge in [0, 0.05) is 18.2 Å². The van der Waals surface area contributed by atoms with E-state index in [-0.39, 0.29) is 29.9 Å². The van der Waals surface area contributed by atoms with Crippen molar-refractivity contribution in [1.82, 2.24) is 5.32 Å². The highest BCUT2D eigenvalue weighted by atomic mass is 16.5. The summed E-state index contributed by atoms with van der Waals surface area (Å²) in [5.74, 6) is 1.12. The minimum atomic E-state index is -0.659. The largest absolute Gasteiger partial charge is 0.496 e. The predicted molar refractivity (Wildman–Crippen MR) is 100 cm³/mol. The van der Waals surface area contributed by atoms with Gasteiger partial charge in [0.15, 0.2) is 18.1 Å². The number of hydrogen-bond donors (Lipinski definition) is 1. The number of methoxy groups -OCH3 is 3. The van der Waals surface area contributed by atoms with E-state index in [0.717, 1.165) is 12.8 Å². The van der Waals surface area contributed by atoms with Crippen LogP contribution in [0.4, 0.5) is 0 Å². The second-order valence-corrected chi connectivity index (χ2v) is 6.92. The molecule has 1 fully saturated rings.